The number of thiophene rings is 1. The second-order valence-corrected chi connectivity index (χ2v) is 11.3. The molecule has 33 heavy (non-hydrogen) atoms. The van der Waals surface area contributed by atoms with E-state index in [0.29, 0.717) is 25.2 Å². The number of nitrogens with zero attached hydrogens (tertiary/aromatic N) is 2. The highest BCUT2D eigenvalue weighted by Crippen LogP contribution is 2.25. The lowest BCUT2D eigenvalue weighted by atomic mass is 10.1. The van der Waals surface area contributed by atoms with Crippen LogP contribution in [0.3, 0.4) is 0 Å². The molecule has 0 bridgehead atoms. The molecule has 0 aliphatic carbocycles. The van der Waals surface area contributed by atoms with Crippen molar-refractivity contribution in [2.24, 2.45) is 0 Å². The summed E-state index contributed by atoms with van der Waals surface area (Å²) in [7, 11) is -3.69. The first-order valence-electron chi connectivity index (χ1n) is 11.5. The van der Waals surface area contributed by atoms with Crippen LogP contribution in [-0.2, 0) is 14.8 Å². The molecule has 0 spiro atoms. The van der Waals surface area contributed by atoms with Crippen molar-refractivity contribution in [3.8, 4) is 0 Å². The molecule has 9 heteroatoms. The maximum Gasteiger partial charge on any atom is 0.243 e. The summed E-state index contributed by atoms with van der Waals surface area (Å²) >= 11 is 1.72. The number of hydrogen-bond donors (Lipinski definition) is 1. The van der Waals surface area contributed by atoms with Crippen LogP contribution in [0.1, 0.15) is 49.0 Å². The third-order valence-corrected chi connectivity index (χ3v) is 8.73. The van der Waals surface area contributed by atoms with Gasteiger partial charge in [0.1, 0.15) is 0 Å². The molecule has 1 aliphatic heterocycles. The van der Waals surface area contributed by atoms with Gasteiger partial charge in [0.15, 0.2) is 5.78 Å². The highest BCUT2D eigenvalue weighted by molar-refractivity contribution is 7.89. The van der Waals surface area contributed by atoms with E-state index in [0.717, 1.165) is 13.1 Å². The quantitative estimate of drug-likeness (QED) is 0.484. The molecule has 2 aromatic rings. The van der Waals surface area contributed by atoms with Crippen LogP contribution in [0, 0.1) is 0 Å². The van der Waals surface area contributed by atoms with Crippen LogP contribution in [0.25, 0.3) is 0 Å². The molecule has 7 nitrogen and oxygen atoms in total. The first-order chi connectivity index (χ1) is 15.8. The van der Waals surface area contributed by atoms with E-state index in [4.69, 9.17) is 4.74 Å². The number of benzene rings is 1. The number of morpholine rings is 1. The highest BCUT2D eigenvalue weighted by Gasteiger charge is 2.32. The van der Waals surface area contributed by atoms with E-state index in [1.807, 2.05) is 19.9 Å². The second-order valence-electron chi connectivity index (χ2n) is 8.41. The molecule has 3 atom stereocenters. The first-order valence-corrected chi connectivity index (χ1v) is 13.8. The molecule has 1 N–H and O–H groups in total. The first kappa shape index (κ1) is 26.0. The number of ether oxygens (including phenoxy) is 1. The lowest BCUT2D eigenvalue weighted by Crippen LogP contribution is -2.48. The Hall–Kier alpha value is -1.62. The summed E-state index contributed by atoms with van der Waals surface area (Å²) in [6.07, 6.45) is -0.334. The van der Waals surface area contributed by atoms with Crippen molar-refractivity contribution < 1.29 is 17.9 Å². The zero-order chi connectivity index (χ0) is 24.0. The lowest BCUT2D eigenvalue weighted by molar-refractivity contribution is -0.0440. The summed E-state index contributed by atoms with van der Waals surface area (Å²) in [5, 5.41) is 5.36. The molecule has 0 radical (unpaired) electrons. The zero-order valence-corrected chi connectivity index (χ0v) is 21.5. The zero-order valence-electron chi connectivity index (χ0n) is 19.9. The minimum Gasteiger partial charge on any atom is -0.373 e. The van der Waals surface area contributed by atoms with E-state index in [-0.39, 0.29) is 35.5 Å². The SMILES string of the molecule is CCN(CC)C(CNCC(=O)c1cccc(S(=O)(=O)N2CC(C)OC(C)C2)c1)c1cccs1. The van der Waals surface area contributed by atoms with Gasteiger partial charge in [0.25, 0.3) is 0 Å². The number of carbonyl (C=O) groups excluding carboxylic acids is 1. The van der Waals surface area contributed by atoms with Gasteiger partial charge in [-0.25, -0.2) is 8.42 Å². The Kier molecular flexibility index (Phi) is 9.20. The highest BCUT2D eigenvalue weighted by atomic mass is 32.2. The molecular weight excluding hydrogens is 458 g/mol. The van der Waals surface area contributed by atoms with Crippen LogP contribution in [0.4, 0.5) is 0 Å². The van der Waals surface area contributed by atoms with Gasteiger partial charge in [0, 0.05) is 30.1 Å². The Labute approximate surface area is 201 Å². The monoisotopic (exact) mass is 493 g/mol. The molecule has 182 valence electrons. The summed E-state index contributed by atoms with van der Waals surface area (Å²) in [5.74, 6) is -0.125. The Morgan fingerprint density at radius 1 is 1.18 bits per heavy atom. The van der Waals surface area contributed by atoms with E-state index in [9.17, 15) is 13.2 Å². The molecular formula is C24H35N3O4S2. The van der Waals surface area contributed by atoms with Crippen LogP contribution < -0.4 is 5.32 Å². The normalized spacial score (nSPS) is 20.8. The Morgan fingerprint density at radius 3 is 2.48 bits per heavy atom. The maximum absolute atomic E-state index is 13.2. The molecule has 3 rings (SSSR count). The van der Waals surface area contributed by atoms with Crippen LogP contribution in [0.2, 0.25) is 0 Å². The van der Waals surface area contributed by atoms with E-state index in [1.165, 1.54) is 15.2 Å². The van der Waals surface area contributed by atoms with Crippen molar-refractivity contribution in [2.75, 3.05) is 39.3 Å². The fourth-order valence-electron chi connectivity index (χ4n) is 4.29. The van der Waals surface area contributed by atoms with E-state index in [1.54, 1.807) is 29.5 Å². The molecule has 2 heterocycles. The number of rotatable bonds is 11. The number of ketones is 1. The number of sulfonamides is 1. The van der Waals surface area contributed by atoms with Crippen molar-refractivity contribution in [1.82, 2.24) is 14.5 Å². The molecule has 1 aromatic heterocycles. The van der Waals surface area contributed by atoms with Gasteiger partial charge in [0.05, 0.1) is 29.7 Å². The van der Waals surface area contributed by atoms with Crippen molar-refractivity contribution in [2.45, 2.75) is 50.8 Å². The average molecular weight is 494 g/mol. The average Bonchev–Trinajstić information content (AvgIpc) is 3.32. The van der Waals surface area contributed by atoms with Gasteiger partial charge in [-0.1, -0.05) is 32.0 Å². The third-order valence-electron chi connectivity index (χ3n) is 5.93. The summed E-state index contributed by atoms with van der Waals surface area (Å²) in [6, 6.07) is 10.7. The molecule has 1 aliphatic rings. The minimum absolute atomic E-state index is 0.125. The summed E-state index contributed by atoms with van der Waals surface area (Å²) < 4.78 is 33.4. The Morgan fingerprint density at radius 2 is 1.88 bits per heavy atom. The number of hydrogen-bond acceptors (Lipinski definition) is 7. The summed E-state index contributed by atoms with van der Waals surface area (Å²) in [4.78, 5) is 16.7. The molecule has 1 aromatic carbocycles. The van der Waals surface area contributed by atoms with Crippen molar-refractivity contribution >= 4 is 27.1 Å². The predicted molar refractivity (Wildman–Crippen MR) is 132 cm³/mol. The molecule has 1 saturated heterocycles. The second kappa shape index (κ2) is 11.7. The van der Waals surface area contributed by atoms with Gasteiger partial charge in [-0.3, -0.25) is 9.69 Å². The number of carbonyl (C=O) groups is 1. The van der Waals surface area contributed by atoms with Crippen LogP contribution in [0.15, 0.2) is 46.7 Å². The van der Waals surface area contributed by atoms with E-state index >= 15 is 0 Å². The summed E-state index contributed by atoms with van der Waals surface area (Å²) in [6.45, 7) is 11.3. The fourth-order valence-corrected chi connectivity index (χ4v) is 6.78. The van der Waals surface area contributed by atoms with Gasteiger partial charge in [0.2, 0.25) is 10.0 Å². The van der Waals surface area contributed by atoms with Gasteiger partial charge < -0.3 is 10.1 Å². The van der Waals surface area contributed by atoms with Gasteiger partial charge in [-0.2, -0.15) is 4.31 Å². The summed E-state index contributed by atoms with van der Waals surface area (Å²) in [5.41, 5.74) is 0.397. The van der Waals surface area contributed by atoms with Crippen molar-refractivity contribution in [3.05, 3.63) is 52.2 Å². The fraction of sp³-hybridized carbons (Fsp3) is 0.542. The minimum atomic E-state index is -3.69. The predicted octanol–water partition coefficient (Wildman–Crippen LogP) is 3.40. The van der Waals surface area contributed by atoms with E-state index in [2.05, 4.69) is 35.5 Å². The lowest BCUT2D eigenvalue weighted by Gasteiger charge is -2.34. The molecule has 1 fully saturated rings. The molecule has 0 amide bonds. The standard InChI is InChI=1S/C24H35N3O4S2/c1-5-26(6-2)22(24-11-8-12-32-24)14-25-15-23(28)20-9-7-10-21(13-20)33(29,30)27-16-18(3)31-19(4)17-27/h7-13,18-19,22,25H,5-6,14-17H2,1-4H3. The Balaban J connectivity index is 1.67. The van der Waals surface area contributed by atoms with Crippen molar-refractivity contribution in [3.63, 3.8) is 0 Å². The van der Waals surface area contributed by atoms with Gasteiger partial charge >= 0.3 is 0 Å². The van der Waals surface area contributed by atoms with Gasteiger partial charge in [-0.05, 0) is 50.5 Å². The maximum atomic E-state index is 13.2. The number of likely N-dealkylation sites (N-methyl/N-ethyl adjacent to an activating group) is 1. The van der Waals surface area contributed by atoms with Gasteiger partial charge in [-0.15, -0.1) is 11.3 Å². The van der Waals surface area contributed by atoms with Crippen molar-refractivity contribution in [1.29, 1.82) is 0 Å². The third kappa shape index (κ3) is 6.49. The van der Waals surface area contributed by atoms with E-state index < -0.39 is 10.0 Å². The Bertz CT molecular complexity index is 996. The topological polar surface area (TPSA) is 79.0 Å². The van der Waals surface area contributed by atoms with Crippen LogP contribution in [0.5, 0.6) is 0 Å². The molecule has 3 unspecified atom stereocenters. The smallest absolute Gasteiger partial charge is 0.243 e. The largest absolute Gasteiger partial charge is 0.373 e. The number of Topliss-reactive ketones (excluding diaryl/α,β-unsaturated/α-hetero) is 1. The molecule has 0 saturated carbocycles. The van der Waals surface area contributed by atoms with Crippen LogP contribution in [-0.4, -0.2) is 74.9 Å². The number of nitrogens with one attached hydrogen (secondary N) is 1. The van der Waals surface area contributed by atoms with Crippen LogP contribution >= 0.6 is 11.3 Å².